The number of nitrogens with one attached hydrogen (secondary N) is 2. The molecule has 0 spiro atoms. The van der Waals surface area contributed by atoms with Gasteiger partial charge in [-0.05, 0) is 43.0 Å². The average molecular weight is 504 g/mol. The zero-order valence-corrected chi connectivity index (χ0v) is 20.8. The van der Waals surface area contributed by atoms with Gasteiger partial charge in [0.2, 0.25) is 0 Å². The molecule has 0 saturated heterocycles. The molecule has 4 aromatic rings. The van der Waals surface area contributed by atoms with Crippen LogP contribution in [0.2, 0.25) is 0 Å². The molecule has 0 aliphatic carbocycles. The number of nitrogens with zero attached hydrogens (tertiary/aromatic N) is 1. The van der Waals surface area contributed by atoms with Gasteiger partial charge in [0.25, 0.3) is 5.91 Å². The number of rotatable bonds is 9. The number of thiocarbonyl (C=S) groups is 1. The summed E-state index contributed by atoms with van der Waals surface area (Å²) in [7, 11) is 2.05. The second-order valence-electron chi connectivity index (χ2n) is 8.55. The second-order valence-corrected chi connectivity index (χ2v) is 8.96. The summed E-state index contributed by atoms with van der Waals surface area (Å²) < 4.78 is 5.66. The Hall–Kier alpha value is -3.72. The van der Waals surface area contributed by atoms with E-state index >= 15 is 0 Å². The van der Waals surface area contributed by atoms with Gasteiger partial charge >= 0.3 is 0 Å². The minimum atomic E-state index is -0.412. The van der Waals surface area contributed by atoms with Crippen molar-refractivity contribution >= 4 is 44.8 Å². The minimum absolute atomic E-state index is 0.0142. The number of phenolic OH excluding ortho intramolecular Hbond substituents is 2. The maximum atomic E-state index is 12.7. The molecule has 1 amide bonds. The zero-order valence-electron chi connectivity index (χ0n) is 20.0. The number of carbonyl (C=O) groups excluding carboxylic acids is 1. The largest absolute Gasteiger partial charge is 0.507 e. The van der Waals surface area contributed by atoms with Crippen LogP contribution in [-0.2, 0) is 11.3 Å². The molecule has 36 heavy (non-hydrogen) atoms. The molecule has 0 saturated carbocycles. The first kappa shape index (κ1) is 25.4. The zero-order chi connectivity index (χ0) is 25.5. The van der Waals surface area contributed by atoms with Crippen molar-refractivity contribution in [1.29, 1.82) is 0 Å². The molecule has 8 heteroatoms. The Bertz CT molecular complexity index is 1380. The fraction of sp³-hybridized carbons (Fsp3) is 0.214. The van der Waals surface area contributed by atoms with Crippen LogP contribution >= 0.6 is 12.2 Å². The Balaban J connectivity index is 1.24. The summed E-state index contributed by atoms with van der Waals surface area (Å²) in [6.45, 7) is 3.16. The normalized spacial score (nSPS) is 11.2. The molecule has 7 nitrogen and oxygen atoms in total. The predicted octanol–water partition coefficient (Wildman–Crippen LogP) is 4.16. The highest BCUT2D eigenvalue weighted by Crippen LogP contribution is 2.41. The molecule has 0 fully saturated rings. The van der Waals surface area contributed by atoms with Crippen LogP contribution < -0.4 is 10.6 Å². The van der Waals surface area contributed by atoms with Gasteiger partial charge in [0.1, 0.15) is 11.5 Å². The van der Waals surface area contributed by atoms with E-state index in [-0.39, 0.29) is 16.6 Å². The van der Waals surface area contributed by atoms with Crippen LogP contribution in [0.3, 0.4) is 0 Å². The lowest BCUT2D eigenvalue weighted by molar-refractivity contribution is 0.0974. The number of benzene rings is 4. The van der Waals surface area contributed by atoms with E-state index in [4.69, 9.17) is 17.0 Å². The first-order valence-corrected chi connectivity index (χ1v) is 12.1. The van der Waals surface area contributed by atoms with Crippen molar-refractivity contribution < 1.29 is 19.7 Å². The summed E-state index contributed by atoms with van der Waals surface area (Å²) in [5.74, 6) is -0.334. The highest BCUT2D eigenvalue weighted by molar-refractivity contribution is 7.80. The first-order chi connectivity index (χ1) is 17.4. The number of carbonyl (C=O) groups is 1. The Labute approximate surface area is 215 Å². The Morgan fingerprint density at radius 1 is 0.889 bits per heavy atom. The lowest BCUT2D eigenvalue weighted by Crippen LogP contribution is -2.40. The number of hydrogen-bond acceptors (Lipinski definition) is 6. The molecule has 0 bridgehead atoms. The van der Waals surface area contributed by atoms with Gasteiger partial charge in [-0.2, -0.15) is 0 Å². The van der Waals surface area contributed by atoms with E-state index in [9.17, 15) is 15.0 Å². The molecule has 186 valence electrons. The number of aromatic hydroxyl groups is 2. The number of phenols is 2. The van der Waals surface area contributed by atoms with Crippen LogP contribution in [0.4, 0.5) is 0 Å². The van der Waals surface area contributed by atoms with E-state index in [0.29, 0.717) is 46.9 Å². The molecule has 4 rings (SSSR count). The number of likely N-dealkylation sites (N-methyl/N-ethyl adjacent to an activating group) is 1. The summed E-state index contributed by atoms with van der Waals surface area (Å²) in [6, 6.07) is 22.0. The molecular weight excluding hydrogens is 474 g/mol. The van der Waals surface area contributed by atoms with Crippen molar-refractivity contribution in [3.05, 3.63) is 83.9 Å². The fourth-order valence-electron chi connectivity index (χ4n) is 4.03. The van der Waals surface area contributed by atoms with Gasteiger partial charge in [-0.25, -0.2) is 0 Å². The third-order valence-electron chi connectivity index (χ3n) is 5.90. The van der Waals surface area contributed by atoms with E-state index < -0.39 is 5.91 Å². The lowest BCUT2D eigenvalue weighted by atomic mass is 9.99. The summed E-state index contributed by atoms with van der Waals surface area (Å²) in [4.78, 5) is 14.9. The van der Waals surface area contributed by atoms with Crippen molar-refractivity contribution in [2.24, 2.45) is 0 Å². The van der Waals surface area contributed by atoms with Crippen molar-refractivity contribution in [2.75, 3.05) is 33.4 Å². The quantitative estimate of drug-likeness (QED) is 0.118. The molecule has 0 aromatic heterocycles. The molecule has 0 atom stereocenters. The Morgan fingerprint density at radius 3 is 2.25 bits per heavy atom. The molecule has 4 N–H and O–H groups in total. The van der Waals surface area contributed by atoms with Crippen molar-refractivity contribution in [3.8, 4) is 11.5 Å². The molecule has 0 unspecified atom stereocenters. The van der Waals surface area contributed by atoms with Crippen LogP contribution in [0, 0.1) is 0 Å². The maximum Gasteiger partial charge on any atom is 0.257 e. The monoisotopic (exact) mass is 503 g/mol. The van der Waals surface area contributed by atoms with Crippen molar-refractivity contribution in [1.82, 2.24) is 15.5 Å². The Kier molecular flexibility index (Phi) is 8.32. The topological polar surface area (TPSA) is 94.1 Å². The van der Waals surface area contributed by atoms with Crippen molar-refractivity contribution in [2.45, 2.75) is 6.54 Å². The second kappa shape index (κ2) is 11.8. The lowest BCUT2D eigenvalue weighted by Gasteiger charge is -2.17. The SMILES string of the molecule is CN(CCOCCNC(=S)NC(=O)c1ccc2c(O)c3ccccc3c(O)c2c1)Cc1ccccc1. The summed E-state index contributed by atoms with van der Waals surface area (Å²) in [6.07, 6.45) is 0. The fourth-order valence-corrected chi connectivity index (χ4v) is 4.22. The average Bonchev–Trinajstić information content (AvgIpc) is 2.89. The smallest absolute Gasteiger partial charge is 0.257 e. The van der Waals surface area contributed by atoms with Crippen molar-refractivity contribution in [3.63, 3.8) is 0 Å². The summed E-state index contributed by atoms with van der Waals surface area (Å²) in [5.41, 5.74) is 1.57. The van der Waals surface area contributed by atoms with Gasteiger partial charge in [-0.3, -0.25) is 15.0 Å². The number of ether oxygens (including phenoxy) is 1. The Morgan fingerprint density at radius 2 is 1.53 bits per heavy atom. The molecule has 0 heterocycles. The van der Waals surface area contributed by atoms with Crippen LogP contribution in [0.1, 0.15) is 15.9 Å². The van der Waals surface area contributed by atoms with Crippen LogP contribution in [0.15, 0.2) is 72.8 Å². The minimum Gasteiger partial charge on any atom is -0.507 e. The number of fused-ring (bicyclic) bond motifs is 2. The van der Waals surface area contributed by atoms with Gasteiger partial charge in [-0.15, -0.1) is 0 Å². The number of hydrogen-bond donors (Lipinski definition) is 4. The van der Waals surface area contributed by atoms with Gasteiger partial charge < -0.3 is 20.3 Å². The predicted molar refractivity (Wildman–Crippen MR) is 146 cm³/mol. The van der Waals surface area contributed by atoms with E-state index in [2.05, 4.69) is 34.7 Å². The van der Waals surface area contributed by atoms with Gasteiger partial charge in [-0.1, -0.05) is 54.6 Å². The van der Waals surface area contributed by atoms with Crippen LogP contribution in [0.5, 0.6) is 11.5 Å². The van der Waals surface area contributed by atoms with Crippen LogP contribution in [0.25, 0.3) is 21.5 Å². The molecule has 0 aliphatic rings. The van der Waals surface area contributed by atoms with E-state index in [1.54, 1.807) is 42.5 Å². The molecule has 0 aliphatic heterocycles. The third kappa shape index (κ3) is 6.09. The maximum absolute atomic E-state index is 12.7. The van der Waals surface area contributed by atoms with E-state index in [1.165, 1.54) is 5.56 Å². The standard InChI is InChI=1S/C28H29N3O4S/c1-31(18-19-7-3-2-4-8-19)14-16-35-15-13-29-28(36)30-27(34)20-11-12-23-24(17-20)26(33)22-10-6-5-9-21(22)25(23)32/h2-12,17,32-33H,13-16,18H2,1H3,(H2,29,30,34,36). The highest BCUT2D eigenvalue weighted by Gasteiger charge is 2.15. The third-order valence-corrected chi connectivity index (χ3v) is 6.15. The van der Waals surface area contributed by atoms with Gasteiger partial charge in [0, 0.05) is 46.7 Å². The van der Waals surface area contributed by atoms with E-state index in [1.807, 2.05) is 18.2 Å². The molecular formula is C28H29N3O4S. The molecule has 4 aromatic carbocycles. The number of amides is 1. The summed E-state index contributed by atoms with van der Waals surface area (Å²) in [5, 5.41) is 29.1. The van der Waals surface area contributed by atoms with Gasteiger partial charge in [0.05, 0.1) is 13.2 Å². The van der Waals surface area contributed by atoms with E-state index in [0.717, 1.165) is 13.1 Å². The highest BCUT2D eigenvalue weighted by atomic mass is 32.1. The summed E-state index contributed by atoms with van der Waals surface area (Å²) >= 11 is 5.23. The van der Waals surface area contributed by atoms with Crippen LogP contribution in [-0.4, -0.2) is 59.5 Å². The first-order valence-electron chi connectivity index (χ1n) is 11.7. The molecule has 0 radical (unpaired) electrons. The van der Waals surface area contributed by atoms with Gasteiger partial charge in [0.15, 0.2) is 5.11 Å².